The molecule has 0 unspecified atom stereocenters. The first-order valence-electron chi connectivity index (χ1n) is 8.60. The highest BCUT2D eigenvalue weighted by Crippen LogP contribution is 2.45. The van der Waals surface area contributed by atoms with Crippen molar-refractivity contribution in [3.05, 3.63) is 47.5 Å². The maximum Gasteiger partial charge on any atom is 0.160 e. The van der Waals surface area contributed by atoms with Crippen LogP contribution in [0.3, 0.4) is 0 Å². The Bertz CT molecular complexity index is 807. The highest BCUT2D eigenvalue weighted by atomic mass is 16.5. The van der Waals surface area contributed by atoms with Crippen LogP contribution in [0.2, 0.25) is 0 Å². The summed E-state index contributed by atoms with van der Waals surface area (Å²) in [7, 11) is 2.91. The molecule has 1 heterocycles. The number of aliphatic hydroxyl groups excluding tert-OH is 1. The van der Waals surface area contributed by atoms with Crippen LogP contribution in [-0.2, 0) is 11.2 Å². The first-order valence-corrected chi connectivity index (χ1v) is 8.60. The molecule has 4 N–H and O–H groups in total. The standard InChI is InChI=1S/C20H24O7/c1-25-17-8-12(3-5-15(17)22)7-14-10-27-19(20(14,24)11-21)13-4-6-16(23)18(9-13)26-2/h3-6,8-9,14,19,21-24H,7,10-11H2,1-2H3/t14-,19+,20+/m0/s1. The lowest BCUT2D eigenvalue weighted by Crippen LogP contribution is -2.43. The molecule has 3 rings (SSSR count). The van der Waals surface area contributed by atoms with Crippen LogP contribution in [-0.4, -0.2) is 53.5 Å². The lowest BCUT2D eigenvalue weighted by molar-refractivity contribution is -0.0882. The van der Waals surface area contributed by atoms with E-state index in [-0.39, 0.29) is 29.8 Å². The fourth-order valence-electron chi connectivity index (χ4n) is 3.54. The number of rotatable bonds is 6. The fraction of sp³-hybridized carbons (Fsp3) is 0.400. The molecule has 1 aliphatic heterocycles. The molecule has 0 spiro atoms. The van der Waals surface area contributed by atoms with E-state index < -0.39 is 18.3 Å². The first kappa shape index (κ1) is 19.3. The van der Waals surface area contributed by atoms with E-state index in [2.05, 4.69) is 0 Å². The number of benzene rings is 2. The third kappa shape index (κ3) is 3.53. The Labute approximate surface area is 157 Å². The maximum absolute atomic E-state index is 11.2. The molecular weight excluding hydrogens is 352 g/mol. The fourth-order valence-corrected chi connectivity index (χ4v) is 3.54. The summed E-state index contributed by atoms with van der Waals surface area (Å²) in [5, 5.41) is 40.7. The lowest BCUT2D eigenvalue weighted by atomic mass is 9.80. The Morgan fingerprint density at radius 3 is 2.30 bits per heavy atom. The summed E-state index contributed by atoms with van der Waals surface area (Å²) in [5.41, 5.74) is -0.0614. The summed E-state index contributed by atoms with van der Waals surface area (Å²) in [6.07, 6.45) is -0.333. The second kappa shape index (κ2) is 7.64. The van der Waals surface area contributed by atoms with E-state index in [1.165, 1.54) is 26.4 Å². The van der Waals surface area contributed by atoms with Gasteiger partial charge in [0.15, 0.2) is 23.0 Å². The van der Waals surface area contributed by atoms with Gasteiger partial charge in [-0.3, -0.25) is 0 Å². The third-order valence-corrected chi connectivity index (χ3v) is 5.11. The van der Waals surface area contributed by atoms with E-state index in [0.29, 0.717) is 17.7 Å². The summed E-state index contributed by atoms with van der Waals surface area (Å²) in [4.78, 5) is 0. The summed E-state index contributed by atoms with van der Waals surface area (Å²) in [6.45, 7) is -0.241. The number of hydrogen-bond acceptors (Lipinski definition) is 7. The monoisotopic (exact) mass is 376 g/mol. The molecule has 0 bridgehead atoms. The summed E-state index contributed by atoms with van der Waals surface area (Å²) < 4.78 is 16.1. The lowest BCUT2D eigenvalue weighted by Gasteiger charge is -2.32. The van der Waals surface area contributed by atoms with Crippen molar-refractivity contribution in [1.82, 2.24) is 0 Å². The molecule has 1 fully saturated rings. The maximum atomic E-state index is 11.2. The third-order valence-electron chi connectivity index (χ3n) is 5.11. The predicted molar refractivity (Wildman–Crippen MR) is 97.2 cm³/mol. The van der Waals surface area contributed by atoms with Gasteiger partial charge in [0.05, 0.1) is 27.4 Å². The molecule has 1 saturated heterocycles. The molecule has 0 amide bonds. The van der Waals surface area contributed by atoms with E-state index in [0.717, 1.165) is 5.56 Å². The highest BCUT2D eigenvalue weighted by Gasteiger charge is 2.50. The van der Waals surface area contributed by atoms with Crippen molar-refractivity contribution in [2.45, 2.75) is 18.1 Å². The van der Waals surface area contributed by atoms with Gasteiger partial charge in [-0.15, -0.1) is 0 Å². The Kier molecular flexibility index (Phi) is 5.46. The van der Waals surface area contributed by atoms with Crippen LogP contribution < -0.4 is 9.47 Å². The summed E-state index contributed by atoms with van der Waals surface area (Å²) in [6, 6.07) is 9.66. The van der Waals surface area contributed by atoms with Crippen molar-refractivity contribution < 1.29 is 34.6 Å². The quantitative estimate of drug-likeness (QED) is 0.608. The van der Waals surface area contributed by atoms with Gasteiger partial charge in [0, 0.05) is 5.92 Å². The molecule has 0 radical (unpaired) electrons. The van der Waals surface area contributed by atoms with Gasteiger partial charge in [-0.25, -0.2) is 0 Å². The van der Waals surface area contributed by atoms with Crippen molar-refractivity contribution in [3.8, 4) is 23.0 Å². The Balaban J connectivity index is 1.87. The molecule has 0 saturated carbocycles. The molecule has 146 valence electrons. The highest BCUT2D eigenvalue weighted by molar-refractivity contribution is 5.44. The number of phenols is 2. The molecule has 7 heteroatoms. The van der Waals surface area contributed by atoms with Gasteiger partial charge in [0.1, 0.15) is 11.7 Å². The van der Waals surface area contributed by atoms with Crippen molar-refractivity contribution in [1.29, 1.82) is 0 Å². The average molecular weight is 376 g/mol. The van der Waals surface area contributed by atoms with Crippen LogP contribution >= 0.6 is 0 Å². The number of aromatic hydroxyl groups is 2. The SMILES string of the molecule is COc1cc(C[C@H]2CO[C@H](c3ccc(O)c(OC)c3)[C@@]2(O)CO)ccc1O. The van der Waals surface area contributed by atoms with Crippen LogP contribution in [0.1, 0.15) is 17.2 Å². The summed E-state index contributed by atoms with van der Waals surface area (Å²) in [5.74, 6) is 0.262. The van der Waals surface area contributed by atoms with Crippen LogP contribution in [0, 0.1) is 5.92 Å². The number of phenolic OH excluding ortho intramolecular Hbond substituents is 2. The van der Waals surface area contributed by atoms with Gasteiger partial charge in [0.25, 0.3) is 0 Å². The molecular formula is C20H24O7. The normalized spacial score (nSPS) is 24.7. The minimum absolute atomic E-state index is 0.0143. The van der Waals surface area contributed by atoms with Gasteiger partial charge in [-0.05, 0) is 41.8 Å². The molecule has 7 nitrogen and oxygen atoms in total. The number of ether oxygens (including phenoxy) is 3. The first-order chi connectivity index (χ1) is 12.9. The second-order valence-corrected chi connectivity index (χ2v) is 6.70. The zero-order valence-corrected chi connectivity index (χ0v) is 15.3. The van der Waals surface area contributed by atoms with E-state index in [4.69, 9.17) is 14.2 Å². The molecule has 27 heavy (non-hydrogen) atoms. The van der Waals surface area contributed by atoms with Crippen molar-refractivity contribution >= 4 is 0 Å². The molecule has 2 aromatic carbocycles. The van der Waals surface area contributed by atoms with Crippen LogP contribution in [0.25, 0.3) is 0 Å². The van der Waals surface area contributed by atoms with E-state index >= 15 is 0 Å². The smallest absolute Gasteiger partial charge is 0.160 e. The van der Waals surface area contributed by atoms with Crippen LogP contribution in [0.4, 0.5) is 0 Å². The van der Waals surface area contributed by atoms with Crippen molar-refractivity contribution in [2.24, 2.45) is 5.92 Å². The topological polar surface area (TPSA) is 109 Å². The van der Waals surface area contributed by atoms with Gasteiger partial charge in [-0.1, -0.05) is 12.1 Å². The molecule has 2 aromatic rings. The average Bonchev–Trinajstić information content (AvgIpc) is 3.00. The minimum Gasteiger partial charge on any atom is -0.504 e. The molecule has 1 aliphatic rings. The number of methoxy groups -OCH3 is 2. The Morgan fingerprint density at radius 1 is 1.04 bits per heavy atom. The minimum atomic E-state index is -1.51. The largest absolute Gasteiger partial charge is 0.504 e. The summed E-state index contributed by atoms with van der Waals surface area (Å²) >= 11 is 0. The van der Waals surface area contributed by atoms with Gasteiger partial charge in [-0.2, -0.15) is 0 Å². The van der Waals surface area contributed by atoms with E-state index in [1.54, 1.807) is 24.3 Å². The molecule has 3 atom stereocenters. The van der Waals surface area contributed by atoms with Crippen molar-refractivity contribution in [3.63, 3.8) is 0 Å². The van der Waals surface area contributed by atoms with Gasteiger partial charge < -0.3 is 34.6 Å². The number of aliphatic hydroxyl groups is 2. The van der Waals surface area contributed by atoms with Crippen LogP contribution in [0.5, 0.6) is 23.0 Å². The zero-order valence-electron chi connectivity index (χ0n) is 15.3. The second-order valence-electron chi connectivity index (χ2n) is 6.70. The zero-order chi connectivity index (χ0) is 19.6. The van der Waals surface area contributed by atoms with Crippen molar-refractivity contribution in [2.75, 3.05) is 27.4 Å². The predicted octanol–water partition coefficient (Wildman–Crippen LogP) is 1.77. The number of hydrogen-bond donors (Lipinski definition) is 4. The van der Waals surface area contributed by atoms with Crippen LogP contribution in [0.15, 0.2) is 36.4 Å². The van der Waals surface area contributed by atoms with Gasteiger partial charge >= 0.3 is 0 Å². The van der Waals surface area contributed by atoms with Gasteiger partial charge in [0.2, 0.25) is 0 Å². The van der Waals surface area contributed by atoms with E-state index in [9.17, 15) is 20.4 Å². The molecule has 0 aliphatic carbocycles. The Morgan fingerprint density at radius 2 is 1.67 bits per heavy atom. The molecule has 0 aromatic heterocycles. The van der Waals surface area contributed by atoms with E-state index in [1.807, 2.05) is 0 Å². The Hall–Kier alpha value is -2.48.